The van der Waals surface area contributed by atoms with Crippen LogP contribution in [0.25, 0.3) is 0 Å². The minimum absolute atomic E-state index is 0.142. The summed E-state index contributed by atoms with van der Waals surface area (Å²) < 4.78 is 65.0. The molecule has 1 aromatic carbocycles. The average molecular weight is 347 g/mol. The highest BCUT2D eigenvalue weighted by molar-refractivity contribution is 7.89. The van der Waals surface area contributed by atoms with Crippen LogP contribution in [0.15, 0.2) is 23.1 Å². The zero-order valence-electron chi connectivity index (χ0n) is 12.2. The molecule has 2 N–H and O–H groups in total. The van der Waals surface area contributed by atoms with E-state index in [0.29, 0.717) is 12.6 Å². The van der Waals surface area contributed by atoms with Gasteiger partial charge in [-0.15, -0.1) is 0 Å². The van der Waals surface area contributed by atoms with Gasteiger partial charge in [0, 0.05) is 6.54 Å². The summed E-state index contributed by atoms with van der Waals surface area (Å²) in [5, 5.41) is 12.0. The summed E-state index contributed by atoms with van der Waals surface area (Å²) >= 11 is 0. The molecular formula is C14H16F3N3O2S. The lowest BCUT2D eigenvalue weighted by atomic mass is 10.0. The lowest BCUT2D eigenvalue weighted by Crippen LogP contribution is -2.38. The topological polar surface area (TPSA) is 82.0 Å². The molecule has 0 aliphatic carbocycles. The molecule has 1 fully saturated rings. The molecule has 0 spiro atoms. The molecule has 1 aliphatic rings. The standard InChI is InChI=1S/C14H16F3N3O2S/c15-14(16,17)13-4-3-12(6-11(13)7-18)23(21,22)20-9-10-2-1-5-19-8-10/h3-4,6,10,19-20H,1-2,5,8-9H2. The first kappa shape index (κ1) is 17.7. The van der Waals surface area contributed by atoms with Gasteiger partial charge in [-0.1, -0.05) is 0 Å². The molecule has 1 unspecified atom stereocenters. The van der Waals surface area contributed by atoms with E-state index in [-0.39, 0.29) is 17.4 Å². The third-order valence-electron chi connectivity index (χ3n) is 3.69. The van der Waals surface area contributed by atoms with Crippen LogP contribution in [-0.4, -0.2) is 28.1 Å². The first-order valence-corrected chi connectivity index (χ1v) is 8.54. The zero-order valence-corrected chi connectivity index (χ0v) is 13.0. The van der Waals surface area contributed by atoms with Gasteiger partial charge in [0.2, 0.25) is 10.0 Å². The summed E-state index contributed by atoms with van der Waals surface area (Å²) in [5.74, 6) is 0.142. The molecule has 1 saturated heterocycles. The van der Waals surface area contributed by atoms with E-state index >= 15 is 0 Å². The van der Waals surface area contributed by atoms with Crippen molar-refractivity contribution in [3.8, 4) is 6.07 Å². The van der Waals surface area contributed by atoms with Crippen LogP contribution in [0.4, 0.5) is 13.2 Å². The third kappa shape index (κ3) is 4.43. The van der Waals surface area contributed by atoms with Gasteiger partial charge >= 0.3 is 6.18 Å². The van der Waals surface area contributed by atoms with Gasteiger partial charge in [-0.3, -0.25) is 0 Å². The number of hydrogen-bond donors (Lipinski definition) is 2. The van der Waals surface area contributed by atoms with Crippen molar-refractivity contribution < 1.29 is 21.6 Å². The molecule has 1 atom stereocenters. The maximum absolute atomic E-state index is 12.7. The summed E-state index contributed by atoms with van der Waals surface area (Å²) in [6.07, 6.45) is -2.87. The monoisotopic (exact) mass is 347 g/mol. The van der Waals surface area contributed by atoms with E-state index in [1.165, 1.54) is 6.07 Å². The quantitative estimate of drug-likeness (QED) is 0.871. The largest absolute Gasteiger partial charge is 0.417 e. The number of hydrogen-bond acceptors (Lipinski definition) is 4. The van der Waals surface area contributed by atoms with Crippen molar-refractivity contribution in [1.29, 1.82) is 5.26 Å². The number of piperidine rings is 1. The predicted molar refractivity (Wildman–Crippen MR) is 76.9 cm³/mol. The summed E-state index contributed by atoms with van der Waals surface area (Å²) in [5.41, 5.74) is -1.85. The Morgan fingerprint density at radius 1 is 1.39 bits per heavy atom. The van der Waals surface area contributed by atoms with Crippen LogP contribution in [0, 0.1) is 17.2 Å². The van der Waals surface area contributed by atoms with Crippen molar-refractivity contribution >= 4 is 10.0 Å². The van der Waals surface area contributed by atoms with E-state index in [4.69, 9.17) is 5.26 Å². The Balaban J connectivity index is 2.18. The van der Waals surface area contributed by atoms with Gasteiger partial charge in [-0.05, 0) is 50.0 Å². The average Bonchev–Trinajstić information content (AvgIpc) is 2.52. The van der Waals surface area contributed by atoms with Crippen molar-refractivity contribution in [3.63, 3.8) is 0 Å². The molecule has 9 heteroatoms. The maximum atomic E-state index is 12.7. The highest BCUT2D eigenvalue weighted by Crippen LogP contribution is 2.32. The van der Waals surface area contributed by atoms with Gasteiger partial charge < -0.3 is 5.32 Å². The number of nitrogens with one attached hydrogen (secondary N) is 2. The van der Waals surface area contributed by atoms with Crippen LogP contribution in [0.1, 0.15) is 24.0 Å². The lowest BCUT2D eigenvalue weighted by Gasteiger charge is -2.22. The fourth-order valence-electron chi connectivity index (χ4n) is 2.44. The Morgan fingerprint density at radius 3 is 2.70 bits per heavy atom. The fraction of sp³-hybridized carbons (Fsp3) is 0.500. The molecule has 126 valence electrons. The van der Waals surface area contributed by atoms with E-state index in [2.05, 4.69) is 10.0 Å². The third-order valence-corrected chi connectivity index (χ3v) is 5.11. The van der Waals surface area contributed by atoms with E-state index in [9.17, 15) is 21.6 Å². The number of rotatable bonds is 4. The van der Waals surface area contributed by atoms with Crippen molar-refractivity contribution in [1.82, 2.24) is 10.0 Å². The summed E-state index contributed by atoms with van der Waals surface area (Å²) in [6.45, 7) is 1.80. The van der Waals surface area contributed by atoms with E-state index in [0.717, 1.165) is 31.5 Å². The first-order valence-electron chi connectivity index (χ1n) is 7.06. The highest BCUT2D eigenvalue weighted by Gasteiger charge is 2.34. The molecule has 0 saturated carbocycles. The Morgan fingerprint density at radius 2 is 2.13 bits per heavy atom. The summed E-state index contributed by atoms with van der Waals surface area (Å²) in [6, 6.07) is 3.64. The number of alkyl halides is 3. The predicted octanol–water partition coefficient (Wildman–Crippen LogP) is 1.85. The molecule has 23 heavy (non-hydrogen) atoms. The van der Waals surface area contributed by atoms with Gasteiger partial charge in [0.05, 0.1) is 22.1 Å². The number of nitrogens with zero attached hydrogens (tertiary/aromatic N) is 1. The smallest absolute Gasteiger partial charge is 0.316 e. The molecule has 1 heterocycles. The number of sulfonamides is 1. The van der Waals surface area contributed by atoms with E-state index in [1.807, 2.05) is 0 Å². The summed E-state index contributed by atoms with van der Waals surface area (Å²) in [4.78, 5) is -0.342. The Labute approximate surface area is 132 Å². The van der Waals surface area contributed by atoms with Crippen LogP contribution in [-0.2, 0) is 16.2 Å². The van der Waals surface area contributed by atoms with Gasteiger partial charge in [-0.2, -0.15) is 18.4 Å². The zero-order chi connectivity index (χ0) is 17.1. The second kappa shape index (κ2) is 6.86. The second-order valence-corrected chi connectivity index (χ2v) is 7.15. The summed E-state index contributed by atoms with van der Waals surface area (Å²) in [7, 11) is -3.95. The highest BCUT2D eigenvalue weighted by atomic mass is 32.2. The molecule has 1 aromatic rings. The van der Waals surface area contributed by atoms with Crippen molar-refractivity contribution in [2.24, 2.45) is 5.92 Å². The van der Waals surface area contributed by atoms with Crippen LogP contribution in [0.3, 0.4) is 0 Å². The van der Waals surface area contributed by atoms with Crippen molar-refractivity contribution in [3.05, 3.63) is 29.3 Å². The fourth-order valence-corrected chi connectivity index (χ4v) is 3.58. The maximum Gasteiger partial charge on any atom is 0.417 e. The Hall–Kier alpha value is -1.63. The molecule has 0 amide bonds. The van der Waals surface area contributed by atoms with Gasteiger partial charge in [0.1, 0.15) is 0 Å². The molecule has 5 nitrogen and oxygen atoms in total. The Kier molecular flexibility index (Phi) is 5.29. The second-order valence-electron chi connectivity index (χ2n) is 5.38. The van der Waals surface area contributed by atoms with Gasteiger partial charge in [0.25, 0.3) is 0 Å². The number of nitriles is 1. The number of benzene rings is 1. The van der Waals surface area contributed by atoms with Crippen molar-refractivity contribution in [2.75, 3.05) is 19.6 Å². The molecule has 1 aliphatic heterocycles. The minimum Gasteiger partial charge on any atom is -0.316 e. The van der Waals surface area contributed by atoms with Crippen LogP contribution in [0.2, 0.25) is 0 Å². The van der Waals surface area contributed by atoms with Gasteiger partial charge in [-0.25, -0.2) is 13.1 Å². The molecule has 0 radical (unpaired) electrons. The molecular weight excluding hydrogens is 331 g/mol. The lowest BCUT2D eigenvalue weighted by molar-refractivity contribution is -0.137. The SMILES string of the molecule is N#Cc1cc(S(=O)(=O)NCC2CCCNC2)ccc1C(F)(F)F. The first-order chi connectivity index (χ1) is 10.7. The molecule has 0 aromatic heterocycles. The Bertz CT molecular complexity index is 705. The van der Waals surface area contributed by atoms with E-state index < -0.39 is 27.3 Å². The van der Waals surface area contributed by atoms with Crippen LogP contribution < -0.4 is 10.0 Å². The number of halogens is 3. The van der Waals surface area contributed by atoms with E-state index in [1.54, 1.807) is 0 Å². The van der Waals surface area contributed by atoms with Crippen molar-refractivity contribution in [2.45, 2.75) is 23.9 Å². The van der Waals surface area contributed by atoms with Gasteiger partial charge in [0.15, 0.2) is 0 Å². The molecule has 2 rings (SSSR count). The minimum atomic E-state index is -4.70. The van der Waals surface area contributed by atoms with Crippen LogP contribution in [0.5, 0.6) is 0 Å². The van der Waals surface area contributed by atoms with Crippen LogP contribution >= 0.6 is 0 Å². The molecule has 0 bridgehead atoms. The normalized spacial score (nSPS) is 19.3.